The van der Waals surface area contributed by atoms with E-state index >= 15 is 0 Å². The molecule has 0 fully saturated rings. The summed E-state index contributed by atoms with van der Waals surface area (Å²) in [5, 5.41) is 13.4. The van der Waals surface area contributed by atoms with Crippen LogP contribution >= 0.6 is 15.9 Å². The van der Waals surface area contributed by atoms with Gasteiger partial charge in [-0.1, -0.05) is 0 Å². The molecule has 5 nitrogen and oxygen atoms in total. The Balaban J connectivity index is 2.71. The van der Waals surface area contributed by atoms with Crippen molar-refractivity contribution in [2.75, 3.05) is 5.32 Å². The number of carboxylic acid groups (broad SMARTS) is 1. The molecule has 0 heterocycles. The first-order valence-corrected chi connectivity index (χ1v) is 5.79. The van der Waals surface area contributed by atoms with E-state index in [0.717, 1.165) is 6.07 Å². The van der Waals surface area contributed by atoms with E-state index in [1.807, 2.05) is 0 Å². The fourth-order valence-electron chi connectivity index (χ4n) is 1.07. The van der Waals surface area contributed by atoms with Crippen LogP contribution in [0.25, 0.3) is 0 Å². The van der Waals surface area contributed by atoms with Crippen molar-refractivity contribution >= 4 is 33.6 Å². The summed E-state index contributed by atoms with van der Waals surface area (Å²) in [5.41, 5.74) is -1.17. The number of aliphatic carboxylic acids is 1. The highest BCUT2D eigenvalue weighted by Crippen LogP contribution is 2.19. The van der Waals surface area contributed by atoms with Crippen LogP contribution in [-0.2, 0) is 4.79 Å². The van der Waals surface area contributed by atoms with Crippen LogP contribution < -0.4 is 10.6 Å². The topological polar surface area (TPSA) is 78.4 Å². The van der Waals surface area contributed by atoms with Crippen molar-refractivity contribution in [2.24, 2.45) is 0 Å². The van der Waals surface area contributed by atoms with Crippen LogP contribution in [0.3, 0.4) is 0 Å². The Bertz CT molecular complexity index is 491. The molecule has 2 amide bonds. The zero-order chi connectivity index (χ0) is 13.9. The van der Waals surface area contributed by atoms with Gasteiger partial charge in [-0.25, -0.2) is 14.0 Å². The van der Waals surface area contributed by atoms with Gasteiger partial charge in [0.1, 0.15) is 11.4 Å². The second-order valence-electron chi connectivity index (χ2n) is 4.14. The van der Waals surface area contributed by atoms with E-state index in [0.29, 0.717) is 0 Å². The first-order chi connectivity index (χ1) is 8.22. The van der Waals surface area contributed by atoms with Crippen molar-refractivity contribution in [3.05, 3.63) is 28.5 Å². The molecule has 0 saturated carbocycles. The minimum Gasteiger partial charge on any atom is -0.480 e. The summed E-state index contributed by atoms with van der Waals surface area (Å²) >= 11 is 2.98. The van der Waals surface area contributed by atoms with Crippen LogP contribution in [0.15, 0.2) is 22.7 Å². The van der Waals surface area contributed by atoms with Gasteiger partial charge in [-0.3, -0.25) is 0 Å². The van der Waals surface area contributed by atoms with Gasteiger partial charge in [-0.2, -0.15) is 0 Å². The number of halogens is 2. The molecule has 0 bridgehead atoms. The molecule has 18 heavy (non-hydrogen) atoms. The van der Waals surface area contributed by atoms with Gasteiger partial charge in [0.2, 0.25) is 0 Å². The molecule has 1 rings (SSSR count). The maximum atomic E-state index is 13.2. The predicted molar refractivity (Wildman–Crippen MR) is 68.0 cm³/mol. The lowest BCUT2D eigenvalue weighted by Crippen LogP contribution is -2.51. The Labute approximate surface area is 112 Å². The Morgan fingerprint density at radius 2 is 2.00 bits per heavy atom. The number of nitrogens with one attached hydrogen (secondary N) is 2. The maximum absolute atomic E-state index is 13.2. The standard InChI is InChI=1S/C11H12BrFN2O3/c1-11(2,9(16)17)15-10(18)14-6-3-4-7(12)8(13)5-6/h3-5H,1-2H3,(H,16,17)(H2,14,15,18). The minimum atomic E-state index is -1.40. The van der Waals surface area contributed by atoms with E-state index in [1.165, 1.54) is 26.0 Å². The number of urea groups is 1. The van der Waals surface area contributed by atoms with Gasteiger partial charge in [-0.15, -0.1) is 0 Å². The number of amides is 2. The van der Waals surface area contributed by atoms with Gasteiger partial charge in [0.15, 0.2) is 0 Å². The number of rotatable bonds is 3. The lowest BCUT2D eigenvalue weighted by Gasteiger charge is -2.21. The van der Waals surface area contributed by atoms with E-state index in [9.17, 15) is 14.0 Å². The first-order valence-electron chi connectivity index (χ1n) is 5.00. The zero-order valence-corrected chi connectivity index (χ0v) is 11.3. The number of carbonyl (C=O) groups is 2. The minimum absolute atomic E-state index is 0.231. The van der Waals surface area contributed by atoms with Crippen LogP contribution in [0.1, 0.15) is 13.8 Å². The van der Waals surface area contributed by atoms with E-state index in [1.54, 1.807) is 0 Å². The average molecular weight is 319 g/mol. The molecule has 0 atom stereocenters. The molecule has 0 saturated heterocycles. The van der Waals surface area contributed by atoms with Gasteiger partial charge in [0, 0.05) is 5.69 Å². The number of benzene rings is 1. The molecule has 0 aliphatic heterocycles. The zero-order valence-electron chi connectivity index (χ0n) is 9.75. The van der Waals surface area contributed by atoms with E-state index in [-0.39, 0.29) is 10.2 Å². The number of hydrogen-bond acceptors (Lipinski definition) is 2. The monoisotopic (exact) mass is 318 g/mol. The Hall–Kier alpha value is -1.63. The van der Waals surface area contributed by atoms with E-state index in [4.69, 9.17) is 5.11 Å². The molecule has 0 spiro atoms. The largest absolute Gasteiger partial charge is 0.480 e. The van der Waals surface area contributed by atoms with Gasteiger partial charge in [0.05, 0.1) is 4.47 Å². The smallest absolute Gasteiger partial charge is 0.328 e. The Kier molecular flexibility index (Phi) is 4.28. The fourth-order valence-corrected chi connectivity index (χ4v) is 1.32. The number of hydrogen-bond donors (Lipinski definition) is 3. The second kappa shape index (κ2) is 5.34. The first kappa shape index (κ1) is 14.4. The Morgan fingerprint density at radius 3 is 2.50 bits per heavy atom. The summed E-state index contributed by atoms with van der Waals surface area (Å²) in [6, 6.07) is 3.33. The van der Waals surface area contributed by atoms with Crippen LogP contribution in [0.2, 0.25) is 0 Å². The molecule has 0 radical (unpaired) electrons. The van der Waals surface area contributed by atoms with Crippen molar-refractivity contribution < 1.29 is 19.1 Å². The van der Waals surface area contributed by atoms with Gasteiger partial charge in [-0.05, 0) is 48.0 Å². The number of anilines is 1. The maximum Gasteiger partial charge on any atom is 0.328 e. The summed E-state index contributed by atoms with van der Waals surface area (Å²) in [7, 11) is 0. The quantitative estimate of drug-likeness (QED) is 0.801. The number of carbonyl (C=O) groups excluding carboxylic acids is 1. The summed E-state index contributed by atoms with van der Waals surface area (Å²) in [4.78, 5) is 22.3. The lowest BCUT2D eigenvalue weighted by molar-refractivity contribution is -0.142. The van der Waals surface area contributed by atoms with Gasteiger partial charge >= 0.3 is 12.0 Å². The van der Waals surface area contributed by atoms with Crippen LogP contribution in [0.4, 0.5) is 14.9 Å². The van der Waals surface area contributed by atoms with E-state index < -0.39 is 23.4 Å². The third-order valence-electron chi connectivity index (χ3n) is 2.14. The van der Waals surface area contributed by atoms with Crippen LogP contribution in [0.5, 0.6) is 0 Å². The molecule has 0 aliphatic rings. The fraction of sp³-hybridized carbons (Fsp3) is 0.273. The van der Waals surface area contributed by atoms with Crippen LogP contribution in [-0.4, -0.2) is 22.6 Å². The lowest BCUT2D eigenvalue weighted by atomic mass is 10.1. The SMILES string of the molecule is CC(C)(NC(=O)Nc1ccc(Br)c(F)c1)C(=O)O. The third kappa shape index (κ3) is 3.69. The highest BCUT2D eigenvalue weighted by Gasteiger charge is 2.28. The molecule has 3 N–H and O–H groups in total. The van der Waals surface area contributed by atoms with Crippen LogP contribution in [0, 0.1) is 5.82 Å². The third-order valence-corrected chi connectivity index (χ3v) is 2.78. The highest BCUT2D eigenvalue weighted by molar-refractivity contribution is 9.10. The van der Waals surface area contributed by atoms with Crippen molar-refractivity contribution in [3.8, 4) is 0 Å². The molecule has 1 aromatic carbocycles. The van der Waals surface area contributed by atoms with Gasteiger partial charge in [0.25, 0.3) is 0 Å². The highest BCUT2D eigenvalue weighted by atomic mass is 79.9. The average Bonchev–Trinajstić information content (AvgIpc) is 2.22. The normalized spacial score (nSPS) is 10.9. The summed E-state index contributed by atoms with van der Waals surface area (Å²) < 4.78 is 13.5. The molecule has 98 valence electrons. The molecule has 0 aromatic heterocycles. The molecule has 7 heteroatoms. The molecular formula is C11H12BrFN2O3. The summed E-state index contributed by atoms with van der Waals surface area (Å²) in [5.74, 6) is -1.69. The van der Waals surface area contributed by atoms with Crippen molar-refractivity contribution in [3.63, 3.8) is 0 Å². The van der Waals surface area contributed by atoms with E-state index in [2.05, 4.69) is 26.6 Å². The molecule has 1 aromatic rings. The molecule has 0 aliphatic carbocycles. The van der Waals surface area contributed by atoms with Crippen molar-refractivity contribution in [2.45, 2.75) is 19.4 Å². The summed E-state index contributed by atoms with van der Waals surface area (Å²) in [6.45, 7) is 2.69. The Morgan fingerprint density at radius 1 is 1.39 bits per heavy atom. The number of carboxylic acids is 1. The second-order valence-corrected chi connectivity index (χ2v) is 4.99. The molecular weight excluding hydrogens is 307 g/mol. The summed E-state index contributed by atoms with van der Waals surface area (Å²) in [6.07, 6.45) is 0. The van der Waals surface area contributed by atoms with Crippen molar-refractivity contribution in [1.29, 1.82) is 0 Å². The van der Waals surface area contributed by atoms with Crippen molar-refractivity contribution in [1.82, 2.24) is 5.32 Å². The predicted octanol–water partition coefficient (Wildman–Crippen LogP) is 2.57. The molecule has 0 unspecified atom stereocenters. The van der Waals surface area contributed by atoms with Gasteiger partial charge < -0.3 is 15.7 Å².